The third kappa shape index (κ3) is 6.54. The second kappa shape index (κ2) is 11.1. The van der Waals surface area contributed by atoms with Gasteiger partial charge in [0.25, 0.3) is 11.8 Å². The maximum atomic E-state index is 13.2. The number of allylic oxidation sites excluding steroid dienone is 1. The summed E-state index contributed by atoms with van der Waals surface area (Å²) in [6.45, 7) is -0.728. The molecule has 7 N–H and O–H groups in total. The number of aliphatic imine (C=N–C) groups is 1. The molecular formula is C21H26N8O4. The van der Waals surface area contributed by atoms with Crippen LogP contribution in [0.2, 0.25) is 0 Å². The summed E-state index contributed by atoms with van der Waals surface area (Å²) < 4.78 is 0. The number of carbonyl (C=O) groups is 2. The predicted octanol–water partition coefficient (Wildman–Crippen LogP) is -0.437. The number of aromatic nitrogens is 3. The largest absolute Gasteiger partial charge is 0.394 e. The summed E-state index contributed by atoms with van der Waals surface area (Å²) in [5, 5.41) is 26.3. The minimum absolute atomic E-state index is 0.0360. The molecule has 1 fully saturated rings. The van der Waals surface area contributed by atoms with E-state index in [9.17, 15) is 14.7 Å². The second-order valence-corrected chi connectivity index (χ2v) is 7.37. The van der Waals surface area contributed by atoms with Gasteiger partial charge in [-0.05, 0) is 25.0 Å². The molecule has 0 aliphatic heterocycles. The van der Waals surface area contributed by atoms with Gasteiger partial charge in [-0.2, -0.15) is 0 Å². The molecule has 0 saturated heterocycles. The zero-order chi connectivity index (χ0) is 23.8. The summed E-state index contributed by atoms with van der Waals surface area (Å²) in [7, 11) is 1.46. The number of aliphatic hydroxyl groups is 2. The first-order valence-corrected chi connectivity index (χ1v) is 10.3. The highest BCUT2D eigenvalue weighted by atomic mass is 16.3. The van der Waals surface area contributed by atoms with Crippen LogP contribution in [-0.2, 0) is 4.79 Å². The molecule has 0 spiro atoms. The fraction of sp³-hybridized carbons (Fsp3) is 0.333. The maximum absolute atomic E-state index is 13.2. The molecule has 1 aliphatic rings. The molecule has 2 amide bonds. The van der Waals surface area contributed by atoms with Gasteiger partial charge in [-0.1, -0.05) is 0 Å². The number of aliphatic hydroxyl groups excluding tert-OH is 2. The number of rotatable bonds is 10. The third-order valence-electron chi connectivity index (χ3n) is 4.72. The van der Waals surface area contributed by atoms with Crippen LogP contribution in [0.1, 0.15) is 34.9 Å². The van der Waals surface area contributed by atoms with E-state index in [1.807, 2.05) is 6.07 Å². The van der Waals surface area contributed by atoms with Gasteiger partial charge in [-0.15, -0.1) is 0 Å². The van der Waals surface area contributed by atoms with Crippen molar-refractivity contribution in [2.24, 2.45) is 10.7 Å². The van der Waals surface area contributed by atoms with E-state index in [0.717, 1.165) is 18.5 Å². The maximum Gasteiger partial charge on any atom is 0.276 e. The van der Waals surface area contributed by atoms with Crippen LogP contribution < -0.4 is 21.7 Å². The van der Waals surface area contributed by atoms with E-state index >= 15 is 0 Å². The van der Waals surface area contributed by atoms with Crippen molar-refractivity contribution in [3.05, 3.63) is 53.6 Å². The quantitative estimate of drug-likeness (QED) is 0.204. The molecule has 2 heterocycles. The summed E-state index contributed by atoms with van der Waals surface area (Å²) in [4.78, 5) is 41.8. The van der Waals surface area contributed by atoms with Gasteiger partial charge in [0.1, 0.15) is 12.0 Å². The highest BCUT2D eigenvalue weighted by Crippen LogP contribution is 2.39. The average Bonchev–Trinajstić information content (AvgIpc) is 3.68. The fourth-order valence-corrected chi connectivity index (χ4v) is 2.85. The van der Waals surface area contributed by atoms with Crippen molar-refractivity contribution in [1.82, 2.24) is 25.6 Å². The van der Waals surface area contributed by atoms with Crippen LogP contribution in [0.25, 0.3) is 0 Å². The first-order valence-electron chi connectivity index (χ1n) is 10.3. The number of pyridine rings is 1. The Morgan fingerprint density at radius 2 is 2.03 bits per heavy atom. The minimum Gasteiger partial charge on any atom is -0.394 e. The average molecular weight is 454 g/mol. The lowest BCUT2D eigenvalue weighted by molar-refractivity contribution is -0.118. The molecule has 12 heteroatoms. The van der Waals surface area contributed by atoms with Crippen LogP contribution in [-0.4, -0.2) is 69.5 Å². The molecule has 0 aromatic carbocycles. The van der Waals surface area contributed by atoms with Crippen molar-refractivity contribution >= 4 is 29.4 Å². The van der Waals surface area contributed by atoms with Crippen molar-refractivity contribution < 1.29 is 19.8 Å². The molecular weight excluding hydrogens is 428 g/mol. The molecule has 1 unspecified atom stereocenters. The van der Waals surface area contributed by atoms with E-state index in [2.05, 4.69) is 35.9 Å². The van der Waals surface area contributed by atoms with Gasteiger partial charge < -0.3 is 31.9 Å². The lowest BCUT2D eigenvalue weighted by atomic mass is 10.2. The van der Waals surface area contributed by atoms with Crippen LogP contribution in [0, 0.1) is 0 Å². The van der Waals surface area contributed by atoms with Crippen LogP contribution in [0.4, 0.5) is 11.4 Å². The summed E-state index contributed by atoms with van der Waals surface area (Å²) >= 11 is 0. The monoisotopic (exact) mass is 454 g/mol. The highest BCUT2D eigenvalue weighted by Gasteiger charge is 2.27. The zero-order valence-corrected chi connectivity index (χ0v) is 18.0. The number of nitrogens with two attached hydrogens (primary N) is 1. The Balaban J connectivity index is 1.86. The summed E-state index contributed by atoms with van der Waals surface area (Å²) in [5.41, 5.74) is 7.46. The van der Waals surface area contributed by atoms with E-state index in [-0.39, 0.29) is 23.6 Å². The summed E-state index contributed by atoms with van der Waals surface area (Å²) in [6.07, 6.45) is 6.62. The fourth-order valence-electron chi connectivity index (χ4n) is 2.85. The van der Waals surface area contributed by atoms with Crippen molar-refractivity contribution in [2.45, 2.75) is 24.9 Å². The van der Waals surface area contributed by atoms with Gasteiger partial charge in [0.15, 0.2) is 5.69 Å². The van der Waals surface area contributed by atoms with Gasteiger partial charge in [0.05, 0.1) is 42.2 Å². The Bertz CT molecular complexity index is 1050. The summed E-state index contributed by atoms with van der Waals surface area (Å²) in [5.74, 6) is -1.03. The standard InChI is InChI=1S/C21H26N8O4/c1-23-9-17(18(22)20(32)26-8-14(31)10-30)29-21(33)19-16(27-13-6-24-11-25-7-13)5-4-15(28-19)12-2-3-12/h4-7,9,11-12,14,27,30-31H,2-3,8,10,22H2,1H3,(H,26,32)(H,29,33). The molecule has 1 aliphatic carbocycles. The second-order valence-electron chi connectivity index (χ2n) is 7.37. The van der Waals surface area contributed by atoms with Gasteiger partial charge in [0.2, 0.25) is 0 Å². The number of nitrogens with one attached hydrogen (secondary N) is 3. The minimum atomic E-state index is -1.13. The van der Waals surface area contributed by atoms with E-state index in [0.29, 0.717) is 17.3 Å². The number of hydrogen-bond donors (Lipinski definition) is 6. The summed E-state index contributed by atoms with van der Waals surface area (Å²) in [6, 6.07) is 3.62. The zero-order valence-electron chi connectivity index (χ0n) is 18.0. The van der Waals surface area contributed by atoms with E-state index in [1.54, 1.807) is 18.5 Å². The van der Waals surface area contributed by atoms with Gasteiger partial charge in [-0.25, -0.2) is 15.0 Å². The number of amides is 2. The molecule has 0 radical (unpaired) electrons. The van der Waals surface area contributed by atoms with Gasteiger partial charge in [-0.3, -0.25) is 14.6 Å². The number of hydrogen-bond acceptors (Lipinski definition) is 10. The number of carbonyl (C=O) groups excluding carboxylic acids is 2. The number of anilines is 2. The smallest absolute Gasteiger partial charge is 0.276 e. The predicted molar refractivity (Wildman–Crippen MR) is 121 cm³/mol. The van der Waals surface area contributed by atoms with Crippen molar-refractivity contribution in [2.75, 3.05) is 25.5 Å². The van der Waals surface area contributed by atoms with E-state index in [1.165, 1.54) is 19.6 Å². The van der Waals surface area contributed by atoms with E-state index < -0.39 is 24.5 Å². The Morgan fingerprint density at radius 1 is 1.30 bits per heavy atom. The SMILES string of the molecule is CN=CC(NC(=O)c1nc(C2CC2)ccc1Nc1cncnc1)=C(N)C(=O)NCC(O)CO. The topological polar surface area (TPSA) is 188 Å². The van der Waals surface area contributed by atoms with Crippen LogP contribution in [0.3, 0.4) is 0 Å². The highest BCUT2D eigenvalue weighted by molar-refractivity contribution is 6.05. The van der Waals surface area contributed by atoms with Gasteiger partial charge in [0, 0.05) is 31.4 Å². The van der Waals surface area contributed by atoms with E-state index in [4.69, 9.17) is 10.8 Å². The van der Waals surface area contributed by atoms with Gasteiger partial charge >= 0.3 is 0 Å². The first-order chi connectivity index (χ1) is 15.9. The molecule has 3 rings (SSSR count). The van der Waals surface area contributed by atoms with Crippen molar-refractivity contribution in [1.29, 1.82) is 0 Å². The Morgan fingerprint density at radius 3 is 2.67 bits per heavy atom. The molecule has 12 nitrogen and oxygen atoms in total. The van der Waals surface area contributed by atoms with Crippen molar-refractivity contribution in [3.63, 3.8) is 0 Å². The lowest BCUT2D eigenvalue weighted by Crippen LogP contribution is -2.39. The first kappa shape index (κ1) is 23.8. The number of nitrogens with zero attached hydrogens (tertiary/aromatic N) is 4. The lowest BCUT2D eigenvalue weighted by Gasteiger charge is -2.15. The van der Waals surface area contributed by atoms with Crippen molar-refractivity contribution in [3.8, 4) is 0 Å². The Labute approximate surface area is 190 Å². The molecule has 1 atom stereocenters. The molecule has 0 bridgehead atoms. The Kier molecular flexibility index (Phi) is 8.00. The molecule has 174 valence electrons. The molecule has 1 saturated carbocycles. The van der Waals surface area contributed by atoms with Crippen LogP contribution in [0.5, 0.6) is 0 Å². The normalized spacial score (nSPS) is 15.0. The molecule has 2 aromatic heterocycles. The van der Waals surface area contributed by atoms with Crippen LogP contribution in [0.15, 0.2) is 47.2 Å². The molecule has 33 heavy (non-hydrogen) atoms. The molecule has 2 aromatic rings. The third-order valence-corrected chi connectivity index (χ3v) is 4.72. The Hall–Kier alpha value is -3.90. The van der Waals surface area contributed by atoms with Crippen LogP contribution >= 0.6 is 0 Å².